The van der Waals surface area contributed by atoms with Gasteiger partial charge in [0.2, 0.25) is 5.95 Å². The van der Waals surface area contributed by atoms with Gasteiger partial charge in [0, 0.05) is 89.3 Å². The van der Waals surface area contributed by atoms with Gasteiger partial charge in [0.05, 0.1) is 29.5 Å². The molecule has 0 radical (unpaired) electrons. The Kier molecular flexibility index (Phi) is 7.41. The molecule has 11 heteroatoms. The smallest absolute Gasteiger partial charge is 0.227 e. The van der Waals surface area contributed by atoms with Gasteiger partial charge in [0.15, 0.2) is 11.6 Å². The molecule has 2 atom stereocenters. The fraction of sp³-hybridized carbons (Fsp3) is 0.500. The number of piperazine rings is 2. The predicted molar refractivity (Wildman–Crippen MR) is 149 cm³/mol. The van der Waals surface area contributed by atoms with E-state index in [1.807, 2.05) is 29.2 Å². The molecule has 0 amide bonds. The Morgan fingerprint density at radius 3 is 2.64 bits per heavy atom. The number of hydrogen-bond acceptors (Lipinski definition) is 10. The van der Waals surface area contributed by atoms with Crippen LogP contribution in [0.15, 0.2) is 36.7 Å². The van der Waals surface area contributed by atoms with Crippen LogP contribution in [0.5, 0.6) is 0 Å². The van der Waals surface area contributed by atoms with Crippen molar-refractivity contribution in [1.82, 2.24) is 25.2 Å². The van der Waals surface area contributed by atoms with Gasteiger partial charge in [-0.2, -0.15) is 10.2 Å². The number of pyridine rings is 1. The first-order valence-electron chi connectivity index (χ1n) is 13.7. The number of fused-ring (bicyclic) bond motifs is 1. The molecule has 6 rings (SSSR count). The second-order valence-corrected chi connectivity index (χ2v) is 10.5. The summed E-state index contributed by atoms with van der Waals surface area (Å²) in [5, 5.41) is 13.8. The van der Waals surface area contributed by atoms with Gasteiger partial charge in [0.1, 0.15) is 6.07 Å². The molecule has 3 aliphatic heterocycles. The van der Waals surface area contributed by atoms with Crippen LogP contribution in [-0.2, 0) is 4.74 Å². The number of aromatic nitrogens is 3. The van der Waals surface area contributed by atoms with Crippen molar-refractivity contribution in [1.29, 1.82) is 5.26 Å². The Hall–Kier alpha value is -3.59. The quantitative estimate of drug-likeness (QED) is 0.526. The van der Waals surface area contributed by atoms with E-state index in [2.05, 4.69) is 48.0 Å². The zero-order valence-electron chi connectivity index (χ0n) is 22.3. The predicted octanol–water partition coefficient (Wildman–Crippen LogP) is 1.86. The van der Waals surface area contributed by atoms with Gasteiger partial charge in [-0.1, -0.05) is 0 Å². The highest BCUT2D eigenvalue weighted by Gasteiger charge is 2.30. The van der Waals surface area contributed by atoms with Crippen LogP contribution in [0.2, 0.25) is 0 Å². The summed E-state index contributed by atoms with van der Waals surface area (Å²) in [6, 6.07) is 10.1. The normalized spacial score (nSPS) is 22.7. The standard InChI is InChI=1S/C28H34FN9O/c1-20-17-38(25-5-4-21(15-30)26-23(25)3-2-6-32-26)19-22(39-20)18-35-11-13-36(14-12-35)27-24(29)16-33-28(34-27)37-9-7-31-8-10-37/h2-6,16,20,22,31H,7-14,17-19H2,1H3/t20-,22+/m1/s1. The van der Waals surface area contributed by atoms with Crippen LogP contribution in [0.25, 0.3) is 10.9 Å². The van der Waals surface area contributed by atoms with Crippen LogP contribution in [0, 0.1) is 17.1 Å². The molecule has 1 aromatic carbocycles. The third-order valence-corrected chi connectivity index (χ3v) is 7.78. The fourth-order valence-corrected chi connectivity index (χ4v) is 5.88. The number of nitrogens with zero attached hydrogens (tertiary/aromatic N) is 8. The molecule has 1 N–H and O–H groups in total. The first-order chi connectivity index (χ1) is 19.1. The highest BCUT2D eigenvalue weighted by Crippen LogP contribution is 2.30. The Balaban J connectivity index is 1.10. The van der Waals surface area contributed by atoms with Crippen molar-refractivity contribution in [2.75, 3.05) is 86.7 Å². The van der Waals surface area contributed by atoms with E-state index in [4.69, 9.17) is 4.74 Å². The number of rotatable bonds is 5. The summed E-state index contributed by atoms with van der Waals surface area (Å²) in [7, 11) is 0. The number of halogens is 1. The molecule has 0 aliphatic carbocycles. The number of anilines is 3. The van der Waals surface area contributed by atoms with Gasteiger partial charge in [-0.25, -0.2) is 9.37 Å². The molecule has 3 saturated heterocycles. The molecule has 204 valence electrons. The topological polar surface area (TPSA) is 96.7 Å². The summed E-state index contributed by atoms with van der Waals surface area (Å²) in [4.78, 5) is 22.2. The molecular formula is C28H34FN9O. The van der Waals surface area contributed by atoms with Gasteiger partial charge in [-0.3, -0.25) is 9.88 Å². The molecule has 3 fully saturated rings. The average Bonchev–Trinajstić information content (AvgIpc) is 2.97. The van der Waals surface area contributed by atoms with Crippen molar-refractivity contribution in [2.45, 2.75) is 19.1 Å². The largest absolute Gasteiger partial charge is 0.370 e. The van der Waals surface area contributed by atoms with Crippen LogP contribution in [0.4, 0.5) is 21.8 Å². The summed E-state index contributed by atoms with van der Waals surface area (Å²) in [6.07, 6.45) is 3.15. The van der Waals surface area contributed by atoms with E-state index in [0.717, 1.165) is 75.5 Å². The molecule has 0 bridgehead atoms. The maximum atomic E-state index is 14.7. The highest BCUT2D eigenvalue weighted by atomic mass is 19.1. The molecule has 10 nitrogen and oxygen atoms in total. The average molecular weight is 532 g/mol. The van der Waals surface area contributed by atoms with Gasteiger partial charge in [0.25, 0.3) is 0 Å². The Labute approximate surface area is 228 Å². The Bertz CT molecular complexity index is 1350. The summed E-state index contributed by atoms with van der Waals surface area (Å²) in [5.41, 5.74) is 2.41. The second-order valence-electron chi connectivity index (χ2n) is 10.5. The van der Waals surface area contributed by atoms with Crippen molar-refractivity contribution in [3.63, 3.8) is 0 Å². The van der Waals surface area contributed by atoms with E-state index in [0.29, 0.717) is 30.4 Å². The van der Waals surface area contributed by atoms with E-state index in [1.54, 1.807) is 6.20 Å². The monoisotopic (exact) mass is 531 g/mol. The van der Waals surface area contributed by atoms with Crippen LogP contribution < -0.4 is 20.0 Å². The Morgan fingerprint density at radius 2 is 1.85 bits per heavy atom. The minimum Gasteiger partial charge on any atom is -0.370 e. The first-order valence-corrected chi connectivity index (χ1v) is 13.7. The minimum absolute atomic E-state index is 0.0396. The van der Waals surface area contributed by atoms with E-state index in [-0.39, 0.29) is 18.0 Å². The zero-order valence-corrected chi connectivity index (χ0v) is 22.3. The van der Waals surface area contributed by atoms with Gasteiger partial charge in [-0.15, -0.1) is 0 Å². The van der Waals surface area contributed by atoms with Gasteiger partial charge >= 0.3 is 0 Å². The van der Waals surface area contributed by atoms with Crippen LogP contribution >= 0.6 is 0 Å². The molecular weight excluding hydrogens is 497 g/mol. The molecule has 0 saturated carbocycles. The fourth-order valence-electron chi connectivity index (χ4n) is 5.88. The summed E-state index contributed by atoms with van der Waals surface area (Å²) >= 11 is 0. The lowest BCUT2D eigenvalue weighted by Gasteiger charge is -2.42. The highest BCUT2D eigenvalue weighted by molar-refractivity contribution is 5.95. The maximum Gasteiger partial charge on any atom is 0.227 e. The summed E-state index contributed by atoms with van der Waals surface area (Å²) < 4.78 is 21.1. The van der Waals surface area contributed by atoms with E-state index in [1.165, 1.54) is 6.20 Å². The molecule has 0 spiro atoms. The SMILES string of the molecule is C[C@@H]1CN(c2ccc(C#N)c3ncccc23)C[C@H](CN2CCN(c3nc(N4CCNCC4)ncc3F)CC2)O1. The third-order valence-electron chi connectivity index (χ3n) is 7.78. The van der Waals surface area contributed by atoms with Crippen molar-refractivity contribution < 1.29 is 9.13 Å². The summed E-state index contributed by atoms with van der Waals surface area (Å²) in [6.45, 7) is 10.9. The molecule has 39 heavy (non-hydrogen) atoms. The van der Waals surface area contributed by atoms with E-state index < -0.39 is 0 Å². The number of benzene rings is 1. The molecule has 0 unspecified atom stereocenters. The first kappa shape index (κ1) is 25.7. The van der Waals surface area contributed by atoms with Crippen molar-refractivity contribution in [3.8, 4) is 6.07 Å². The number of morpholine rings is 1. The molecule has 2 aromatic heterocycles. The molecule has 3 aliphatic rings. The number of ether oxygens (including phenoxy) is 1. The second kappa shape index (κ2) is 11.3. The van der Waals surface area contributed by atoms with Crippen molar-refractivity contribution >= 4 is 28.4 Å². The van der Waals surface area contributed by atoms with E-state index in [9.17, 15) is 9.65 Å². The third kappa shape index (κ3) is 5.45. The summed E-state index contributed by atoms with van der Waals surface area (Å²) in [5.74, 6) is 0.630. The lowest BCUT2D eigenvalue weighted by molar-refractivity contribution is -0.0327. The minimum atomic E-state index is -0.369. The lowest BCUT2D eigenvalue weighted by atomic mass is 10.1. The maximum absolute atomic E-state index is 14.7. The van der Waals surface area contributed by atoms with Crippen molar-refractivity contribution in [3.05, 3.63) is 48.0 Å². The van der Waals surface area contributed by atoms with Crippen LogP contribution in [-0.4, -0.2) is 104 Å². The lowest BCUT2D eigenvalue weighted by Crippen LogP contribution is -2.54. The number of hydrogen-bond donors (Lipinski definition) is 1. The van der Waals surface area contributed by atoms with Crippen LogP contribution in [0.1, 0.15) is 12.5 Å². The van der Waals surface area contributed by atoms with Gasteiger partial charge in [-0.05, 0) is 31.2 Å². The molecule has 3 aromatic rings. The zero-order chi connectivity index (χ0) is 26.8. The Morgan fingerprint density at radius 1 is 1.03 bits per heavy atom. The van der Waals surface area contributed by atoms with Crippen molar-refractivity contribution in [2.24, 2.45) is 0 Å². The van der Waals surface area contributed by atoms with E-state index >= 15 is 0 Å². The number of nitriles is 1. The number of nitrogens with one attached hydrogen (secondary N) is 1. The van der Waals surface area contributed by atoms with Crippen LogP contribution in [0.3, 0.4) is 0 Å². The molecule has 5 heterocycles. The van der Waals surface area contributed by atoms with Gasteiger partial charge < -0.3 is 24.8 Å².